The van der Waals surface area contributed by atoms with Crippen molar-refractivity contribution in [1.29, 1.82) is 0 Å². The minimum atomic E-state index is 0.709. The molecule has 0 radical (unpaired) electrons. The lowest BCUT2D eigenvalue weighted by molar-refractivity contribution is 0.316. The monoisotopic (exact) mass is 204 g/mol. The van der Waals surface area contributed by atoms with E-state index in [1.165, 1.54) is 37.9 Å². The van der Waals surface area contributed by atoms with E-state index in [-0.39, 0.29) is 0 Å². The van der Waals surface area contributed by atoms with E-state index in [0.717, 1.165) is 5.92 Å². The highest BCUT2D eigenvalue weighted by molar-refractivity contribution is 5.17. The number of aromatic nitrogens is 1. The Labute approximate surface area is 92.1 Å². The molecule has 0 spiro atoms. The zero-order chi connectivity index (χ0) is 10.5. The van der Waals surface area contributed by atoms with Crippen molar-refractivity contribution in [2.75, 3.05) is 13.1 Å². The first-order valence-electron chi connectivity index (χ1n) is 6.02. The van der Waals surface area contributed by atoms with Gasteiger partial charge >= 0.3 is 0 Å². The first-order chi connectivity index (χ1) is 7.42. The average molecular weight is 204 g/mol. The maximum atomic E-state index is 4.09. The Morgan fingerprint density at radius 3 is 2.87 bits per heavy atom. The maximum absolute atomic E-state index is 4.09. The highest BCUT2D eigenvalue weighted by atomic mass is 14.9. The molecule has 2 nitrogen and oxygen atoms in total. The number of pyridine rings is 1. The van der Waals surface area contributed by atoms with E-state index in [1.807, 2.05) is 12.4 Å². The van der Waals surface area contributed by atoms with E-state index in [2.05, 4.69) is 29.4 Å². The molecule has 1 fully saturated rings. The second-order valence-corrected chi connectivity index (χ2v) is 4.40. The summed E-state index contributed by atoms with van der Waals surface area (Å²) in [5.74, 6) is 1.52. The summed E-state index contributed by atoms with van der Waals surface area (Å²) in [5, 5.41) is 3.50. The van der Waals surface area contributed by atoms with Crippen LogP contribution >= 0.6 is 0 Å². The predicted molar refractivity (Wildman–Crippen MR) is 62.9 cm³/mol. The lowest BCUT2D eigenvalue weighted by Crippen LogP contribution is -2.33. The summed E-state index contributed by atoms with van der Waals surface area (Å²) in [7, 11) is 0. The smallest absolute Gasteiger partial charge is 0.0270 e. The van der Waals surface area contributed by atoms with Crippen molar-refractivity contribution < 1.29 is 0 Å². The van der Waals surface area contributed by atoms with Crippen molar-refractivity contribution >= 4 is 0 Å². The summed E-state index contributed by atoms with van der Waals surface area (Å²) < 4.78 is 0. The van der Waals surface area contributed by atoms with Gasteiger partial charge in [-0.1, -0.05) is 6.92 Å². The van der Waals surface area contributed by atoms with E-state index in [0.29, 0.717) is 5.92 Å². The van der Waals surface area contributed by atoms with Crippen LogP contribution in [0.3, 0.4) is 0 Å². The Morgan fingerprint density at radius 2 is 2.27 bits per heavy atom. The maximum Gasteiger partial charge on any atom is 0.0270 e. The van der Waals surface area contributed by atoms with Gasteiger partial charge in [0.2, 0.25) is 0 Å². The standard InChI is InChI=1S/C13H20N2/c1-2-13(11-5-8-14-9-6-11)12-4-3-7-15-10-12/h5-6,8-9,12-13,15H,2-4,7,10H2,1H3. The summed E-state index contributed by atoms with van der Waals surface area (Å²) >= 11 is 0. The molecular weight excluding hydrogens is 184 g/mol. The summed E-state index contributed by atoms with van der Waals surface area (Å²) in [6.45, 7) is 4.67. The average Bonchev–Trinajstić information content (AvgIpc) is 2.33. The van der Waals surface area contributed by atoms with Crippen LogP contribution in [-0.4, -0.2) is 18.1 Å². The topological polar surface area (TPSA) is 24.9 Å². The molecule has 1 aromatic heterocycles. The predicted octanol–water partition coefficient (Wildman–Crippen LogP) is 2.57. The van der Waals surface area contributed by atoms with E-state index >= 15 is 0 Å². The molecule has 1 aromatic rings. The second-order valence-electron chi connectivity index (χ2n) is 4.40. The van der Waals surface area contributed by atoms with Gasteiger partial charge in [0.1, 0.15) is 0 Å². The van der Waals surface area contributed by atoms with Crippen molar-refractivity contribution in [2.45, 2.75) is 32.1 Å². The number of nitrogens with zero attached hydrogens (tertiary/aromatic N) is 1. The third-order valence-electron chi connectivity index (χ3n) is 3.48. The molecule has 1 aliphatic rings. The van der Waals surface area contributed by atoms with Gasteiger partial charge in [0.05, 0.1) is 0 Å². The molecule has 2 atom stereocenters. The largest absolute Gasteiger partial charge is 0.316 e. The van der Waals surface area contributed by atoms with E-state index < -0.39 is 0 Å². The first kappa shape index (κ1) is 10.6. The van der Waals surface area contributed by atoms with Gasteiger partial charge in [-0.25, -0.2) is 0 Å². The minimum Gasteiger partial charge on any atom is -0.316 e. The third-order valence-corrected chi connectivity index (χ3v) is 3.48. The molecule has 0 bridgehead atoms. The summed E-state index contributed by atoms with van der Waals surface area (Å²) in [5.41, 5.74) is 1.46. The molecule has 1 saturated heterocycles. The Hall–Kier alpha value is -0.890. The molecular formula is C13H20N2. The van der Waals surface area contributed by atoms with Crippen LogP contribution in [0.5, 0.6) is 0 Å². The third kappa shape index (κ3) is 2.57. The normalized spacial score (nSPS) is 23.7. The van der Waals surface area contributed by atoms with E-state index in [9.17, 15) is 0 Å². The number of rotatable bonds is 3. The van der Waals surface area contributed by atoms with Crippen molar-refractivity contribution in [3.63, 3.8) is 0 Å². The molecule has 1 aliphatic heterocycles. The van der Waals surface area contributed by atoms with Crippen LogP contribution < -0.4 is 5.32 Å². The Morgan fingerprint density at radius 1 is 1.47 bits per heavy atom. The Bertz CT molecular complexity index is 278. The van der Waals surface area contributed by atoms with Crippen LogP contribution in [0.2, 0.25) is 0 Å². The van der Waals surface area contributed by atoms with Gasteiger partial charge in [0.15, 0.2) is 0 Å². The van der Waals surface area contributed by atoms with Gasteiger partial charge in [0.25, 0.3) is 0 Å². The SMILES string of the molecule is CCC(c1ccncc1)C1CCCNC1. The molecule has 2 rings (SSSR count). The van der Waals surface area contributed by atoms with Gasteiger partial charge < -0.3 is 5.32 Å². The van der Waals surface area contributed by atoms with Crippen LogP contribution in [0, 0.1) is 5.92 Å². The van der Waals surface area contributed by atoms with E-state index in [1.54, 1.807) is 0 Å². The van der Waals surface area contributed by atoms with Gasteiger partial charge in [0, 0.05) is 12.4 Å². The number of nitrogens with one attached hydrogen (secondary N) is 1. The molecule has 1 N–H and O–H groups in total. The van der Waals surface area contributed by atoms with Crippen molar-refractivity contribution in [3.8, 4) is 0 Å². The van der Waals surface area contributed by atoms with Crippen LogP contribution in [0.25, 0.3) is 0 Å². The van der Waals surface area contributed by atoms with Gasteiger partial charge in [-0.2, -0.15) is 0 Å². The van der Waals surface area contributed by atoms with Crippen molar-refractivity contribution in [3.05, 3.63) is 30.1 Å². The Balaban J connectivity index is 2.09. The van der Waals surface area contributed by atoms with Crippen molar-refractivity contribution in [1.82, 2.24) is 10.3 Å². The highest BCUT2D eigenvalue weighted by Crippen LogP contribution is 2.31. The van der Waals surface area contributed by atoms with Crippen LogP contribution in [0.4, 0.5) is 0 Å². The first-order valence-corrected chi connectivity index (χ1v) is 6.02. The molecule has 2 unspecified atom stereocenters. The molecule has 82 valence electrons. The summed E-state index contributed by atoms with van der Waals surface area (Å²) in [6.07, 6.45) is 7.75. The molecule has 0 aliphatic carbocycles. The number of hydrogen-bond donors (Lipinski definition) is 1. The Kier molecular flexibility index (Phi) is 3.73. The molecule has 2 heterocycles. The fraction of sp³-hybridized carbons (Fsp3) is 0.615. The zero-order valence-electron chi connectivity index (χ0n) is 9.45. The molecule has 2 heteroatoms. The van der Waals surface area contributed by atoms with Crippen LogP contribution in [0.15, 0.2) is 24.5 Å². The molecule has 0 aromatic carbocycles. The van der Waals surface area contributed by atoms with Crippen LogP contribution in [-0.2, 0) is 0 Å². The molecule has 0 saturated carbocycles. The van der Waals surface area contributed by atoms with Gasteiger partial charge in [-0.05, 0) is 61.9 Å². The second kappa shape index (κ2) is 5.26. The fourth-order valence-electron chi connectivity index (χ4n) is 2.67. The summed E-state index contributed by atoms with van der Waals surface area (Å²) in [4.78, 5) is 4.09. The van der Waals surface area contributed by atoms with Gasteiger partial charge in [-0.15, -0.1) is 0 Å². The number of hydrogen-bond acceptors (Lipinski definition) is 2. The minimum absolute atomic E-state index is 0.709. The lowest BCUT2D eigenvalue weighted by Gasteiger charge is -2.30. The number of piperidine rings is 1. The van der Waals surface area contributed by atoms with Crippen molar-refractivity contribution in [2.24, 2.45) is 5.92 Å². The lowest BCUT2D eigenvalue weighted by atomic mass is 9.80. The molecule has 0 amide bonds. The van der Waals surface area contributed by atoms with Gasteiger partial charge in [-0.3, -0.25) is 4.98 Å². The summed E-state index contributed by atoms with van der Waals surface area (Å²) in [6, 6.07) is 4.34. The van der Waals surface area contributed by atoms with Crippen LogP contribution in [0.1, 0.15) is 37.7 Å². The fourth-order valence-corrected chi connectivity index (χ4v) is 2.67. The molecule has 15 heavy (non-hydrogen) atoms. The van der Waals surface area contributed by atoms with E-state index in [4.69, 9.17) is 0 Å². The zero-order valence-corrected chi connectivity index (χ0v) is 9.45. The quantitative estimate of drug-likeness (QED) is 0.818. The highest BCUT2D eigenvalue weighted by Gasteiger charge is 2.23.